The zero-order valence-corrected chi connectivity index (χ0v) is 26.6. The lowest BCUT2D eigenvalue weighted by atomic mass is 9.95. The van der Waals surface area contributed by atoms with Crippen LogP contribution in [0.25, 0.3) is 10.9 Å². The Labute approximate surface area is 266 Å². The maximum absolute atomic E-state index is 13.7. The number of nitrogens with one attached hydrogen (secondary N) is 4. The van der Waals surface area contributed by atoms with Gasteiger partial charge >= 0.3 is 5.97 Å². The summed E-state index contributed by atoms with van der Waals surface area (Å²) >= 11 is 0. The summed E-state index contributed by atoms with van der Waals surface area (Å²) in [5.74, 6) is -2.37. The number of amides is 3. The number of rotatable bonds is 15. The Hall–Kier alpha value is -5.07. The van der Waals surface area contributed by atoms with E-state index < -0.39 is 48.2 Å². The van der Waals surface area contributed by atoms with Crippen LogP contribution >= 0.6 is 0 Å². The van der Waals surface area contributed by atoms with Crippen LogP contribution in [-0.4, -0.2) is 81.0 Å². The molecule has 3 amide bonds. The molecule has 0 bridgehead atoms. The smallest absolute Gasteiger partial charge is 0.346 e. The van der Waals surface area contributed by atoms with Gasteiger partial charge in [0.15, 0.2) is 12.4 Å². The number of benzene rings is 2. The molecule has 246 valence electrons. The second-order valence-corrected chi connectivity index (χ2v) is 11.4. The van der Waals surface area contributed by atoms with Crippen molar-refractivity contribution in [3.8, 4) is 17.2 Å². The Morgan fingerprint density at radius 1 is 0.913 bits per heavy atom. The number of aromatic nitrogens is 1. The Morgan fingerprint density at radius 2 is 1.57 bits per heavy atom. The molecule has 1 aliphatic heterocycles. The van der Waals surface area contributed by atoms with E-state index in [9.17, 15) is 24.0 Å². The van der Waals surface area contributed by atoms with Crippen molar-refractivity contribution >= 4 is 40.4 Å². The molecule has 4 N–H and O–H groups in total. The molecule has 2 heterocycles. The van der Waals surface area contributed by atoms with E-state index in [1.165, 1.54) is 21.3 Å². The van der Waals surface area contributed by atoms with Crippen LogP contribution in [0, 0.1) is 11.8 Å². The molecule has 0 spiro atoms. The summed E-state index contributed by atoms with van der Waals surface area (Å²) in [6.45, 7) is 3.56. The van der Waals surface area contributed by atoms with Gasteiger partial charge in [0.25, 0.3) is 5.91 Å². The van der Waals surface area contributed by atoms with E-state index in [1.807, 2.05) is 13.8 Å². The Morgan fingerprint density at radius 3 is 2.17 bits per heavy atom. The fourth-order valence-electron chi connectivity index (χ4n) is 5.43. The van der Waals surface area contributed by atoms with E-state index >= 15 is 0 Å². The van der Waals surface area contributed by atoms with Gasteiger partial charge in [0, 0.05) is 23.4 Å². The number of carbonyl (C=O) groups excluding carboxylic acids is 5. The van der Waals surface area contributed by atoms with Gasteiger partial charge in [-0.3, -0.25) is 19.2 Å². The predicted molar refractivity (Wildman–Crippen MR) is 168 cm³/mol. The topological polar surface area (TPSA) is 174 Å². The van der Waals surface area contributed by atoms with Crippen molar-refractivity contribution < 1.29 is 42.9 Å². The van der Waals surface area contributed by atoms with Crippen LogP contribution in [0.5, 0.6) is 17.2 Å². The van der Waals surface area contributed by atoms with Crippen molar-refractivity contribution in [2.45, 2.75) is 45.2 Å². The molecule has 3 aromatic rings. The van der Waals surface area contributed by atoms with Crippen molar-refractivity contribution in [1.29, 1.82) is 0 Å². The highest BCUT2D eigenvalue weighted by Gasteiger charge is 2.34. The second-order valence-electron chi connectivity index (χ2n) is 11.4. The van der Waals surface area contributed by atoms with Gasteiger partial charge in [-0.25, -0.2) is 4.79 Å². The standard InChI is InChI=1S/C33H40N4O9/c1-18(2)14-23(37-32(41)24-16-20-21(35-24)8-6-9-26(20)43-3)31(40)36-22(15-19-12-13-34-30(19)39)25(38)17-46-33(42)29-27(44-4)10-7-11-28(29)45-5/h6-11,16,18-19,22-23,35H,12-15,17H2,1-5H3,(H,34,39)(H,36,40)(H,37,41)/t19-,22-,23-/m0/s1. The monoisotopic (exact) mass is 636 g/mol. The molecule has 0 aliphatic carbocycles. The first-order valence-electron chi connectivity index (χ1n) is 15.0. The van der Waals surface area contributed by atoms with Crippen LogP contribution in [0.1, 0.15) is 54.0 Å². The summed E-state index contributed by atoms with van der Waals surface area (Å²) in [6, 6.07) is 9.59. The van der Waals surface area contributed by atoms with Gasteiger partial charge in [0.05, 0.1) is 27.4 Å². The molecule has 4 rings (SSSR count). The Kier molecular flexibility index (Phi) is 11.2. The lowest BCUT2D eigenvalue weighted by molar-refractivity contribution is -0.131. The summed E-state index contributed by atoms with van der Waals surface area (Å²) < 4.78 is 21.2. The molecule has 2 aromatic carbocycles. The van der Waals surface area contributed by atoms with Gasteiger partial charge in [-0.15, -0.1) is 0 Å². The first kappa shape index (κ1) is 33.8. The summed E-state index contributed by atoms with van der Waals surface area (Å²) in [7, 11) is 4.31. The van der Waals surface area contributed by atoms with Gasteiger partial charge in [0.2, 0.25) is 11.8 Å². The molecule has 1 saturated heterocycles. The molecule has 3 atom stereocenters. The van der Waals surface area contributed by atoms with Crippen molar-refractivity contribution in [1.82, 2.24) is 20.9 Å². The van der Waals surface area contributed by atoms with Crippen LogP contribution in [0.3, 0.4) is 0 Å². The van der Waals surface area contributed by atoms with E-state index in [4.69, 9.17) is 18.9 Å². The summed E-state index contributed by atoms with van der Waals surface area (Å²) in [5.41, 5.74) is 0.926. The Bertz CT molecular complexity index is 1580. The maximum atomic E-state index is 13.7. The van der Waals surface area contributed by atoms with E-state index in [2.05, 4.69) is 20.9 Å². The first-order chi connectivity index (χ1) is 22.1. The van der Waals surface area contributed by atoms with Gasteiger partial charge in [-0.05, 0) is 55.5 Å². The van der Waals surface area contributed by atoms with E-state index in [1.54, 1.807) is 42.5 Å². The first-order valence-corrected chi connectivity index (χ1v) is 15.0. The van der Waals surface area contributed by atoms with Crippen LogP contribution in [0.4, 0.5) is 0 Å². The number of ketones is 1. The van der Waals surface area contributed by atoms with Gasteiger partial charge in [0.1, 0.15) is 34.5 Å². The van der Waals surface area contributed by atoms with E-state index in [0.29, 0.717) is 29.6 Å². The number of aromatic amines is 1. The number of esters is 1. The third-order valence-corrected chi connectivity index (χ3v) is 7.78. The molecular formula is C33H40N4O9. The lowest BCUT2D eigenvalue weighted by Gasteiger charge is -2.25. The number of methoxy groups -OCH3 is 3. The van der Waals surface area contributed by atoms with Gasteiger partial charge < -0.3 is 39.9 Å². The van der Waals surface area contributed by atoms with Crippen LogP contribution in [-0.2, 0) is 19.1 Å². The molecule has 13 heteroatoms. The Balaban J connectivity index is 1.51. The zero-order chi connectivity index (χ0) is 33.4. The highest BCUT2D eigenvalue weighted by Crippen LogP contribution is 2.29. The SMILES string of the molecule is COc1cccc(OC)c1C(=O)OCC(=O)[C@H](C[C@@H]1CCNC1=O)NC(=O)[C@H](CC(C)C)NC(=O)c1cc2c(OC)cccc2[nH]1. The highest BCUT2D eigenvalue weighted by molar-refractivity contribution is 6.02. The van der Waals surface area contributed by atoms with E-state index in [0.717, 1.165) is 0 Å². The number of carbonyl (C=O) groups is 5. The largest absolute Gasteiger partial charge is 0.496 e. The molecular weight excluding hydrogens is 596 g/mol. The van der Waals surface area contributed by atoms with Crippen molar-refractivity contribution in [2.24, 2.45) is 11.8 Å². The average Bonchev–Trinajstić information content (AvgIpc) is 3.67. The zero-order valence-electron chi connectivity index (χ0n) is 26.6. The molecule has 0 radical (unpaired) electrons. The number of hydrogen-bond donors (Lipinski definition) is 4. The molecule has 46 heavy (non-hydrogen) atoms. The fraction of sp³-hybridized carbons (Fsp3) is 0.424. The molecule has 0 unspecified atom stereocenters. The minimum absolute atomic E-state index is 0.00388. The average molecular weight is 637 g/mol. The van der Waals surface area contributed by atoms with Crippen LogP contribution in [0.2, 0.25) is 0 Å². The van der Waals surface area contributed by atoms with Crippen LogP contribution < -0.4 is 30.2 Å². The second kappa shape index (κ2) is 15.3. The van der Waals surface area contributed by atoms with Crippen molar-refractivity contribution in [3.05, 3.63) is 53.7 Å². The number of fused-ring (bicyclic) bond motifs is 1. The number of Topliss-reactive ketones (excluding diaryl/α,β-unsaturated/α-hetero) is 1. The van der Waals surface area contributed by atoms with E-state index in [-0.39, 0.29) is 47.4 Å². The molecule has 1 aliphatic rings. The maximum Gasteiger partial charge on any atom is 0.346 e. The fourth-order valence-corrected chi connectivity index (χ4v) is 5.43. The van der Waals surface area contributed by atoms with Crippen molar-refractivity contribution in [3.63, 3.8) is 0 Å². The third-order valence-electron chi connectivity index (χ3n) is 7.78. The minimum Gasteiger partial charge on any atom is -0.496 e. The number of hydrogen-bond acceptors (Lipinski definition) is 9. The summed E-state index contributed by atoms with van der Waals surface area (Å²) in [5, 5.41) is 8.95. The summed E-state index contributed by atoms with van der Waals surface area (Å²) in [4.78, 5) is 68.9. The predicted octanol–water partition coefficient (Wildman–Crippen LogP) is 2.78. The molecule has 1 fully saturated rings. The molecule has 1 aromatic heterocycles. The molecule has 13 nitrogen and oxygen atoms in total. The molecule has 0 saturated carbocycles. The normalized spacial score (nSPS) is 15.5. The number of H-pyrrole nitrogens is 1. The van der Waals surface area contributed by atoms with Gasteiger partial charge in [-0.2, -0.15) is 0 Å². The third kappa shape index (κ3) is 7.95. The lowest BCUT2D eigenvalue weighted by Crippen LogP contribution is -2.53. The number of ether oxygens (including phenoxy) is 4. The van der Waals surface area contributed by atoms with Gasteiger partial charge in [-0.1, -0.05) is 26.0 Å². The quantitative estimate of drug-likeness (QED) is 0.183. The van der Waals surface area contributed by atoms with Crippen molar-refractivity contribution in [2.75, 3.05) is 34.5 Å². The summed E-state index contributed by atoms with van der Waals surface area (Å²) in [6.07, 6.45) is 0.747. The minimum atomic E-state index is -1.17. The highest BCUT2D eigenvalue weighted by atomic mass is 16.5. The van der Waals surface area contributed by atoms with Crippen LogP contribution in [0.15, 0.2) is 42.5 Å².